The van der Waals surface area contributed by atoms with E-state index in [4.69, 9.17) is 9.05 Å². The lowest BCUT2D eigenvalue weighted by atomic mass is 10.0. The number of hydrogen-bond donors (Lipinski definition) is 3. The molecule has 0 aromatic carbocycles. The molecule has 0 fully saturated rings. The Hall–Kier alpha value is -1.02. The van der Waals surface area contributed by atoms with Crippen LogP contribution in [0.2, 0.25) is 0 Å². The van der Waals surface area contributed by atoms with E-state index in [1.807, 2.05) is 27.2 Å². The maximum atomic E-state index is 12.7. The molecule has 0 spiro atoms. The summed E-state index contributed by atoms with van der Waals surface area (Å²) in [4.78, 5) is 22.9. The van der Waals surface area contributed by atoms with Crippen LogP contribution in [0.3, 0.4) is 0 Å². The third-order valence-corrected chi connectivity index (χ3v) is 11.7. The SMILES string of the molecule is CCCCCCCCCCCCCCCCCCCCCCC/C=C/CC/C=C/C(O)C(COP(=O)(O)OCC[N+](C)(C)C)NC(=O)CCCCCCCCC. The van der Waals surface area contributed by atoms with Gasteiger partial charge < -0.3 is 19.8 Å². The van der Waals surface area contributed by atoms with E-state index < -0.39 is 20.0 Å². The van der Waals surface area contributed by atoms with Gasteiger partial charge in [-0.3, -0.25) is 13.8 Å². The summed E-state index contributed by atoms with van der Waals surface area (Å²) in [5.74, 6) is -0.193. The first kappa shape index (κ1) is 55.0. The van der Waals surface area contributed by atoms with Gasteiger partial charge in [-0.15, -0.1) is 0 Å². The molecule has 0 aliphatic heterocycles. The summed E-state index contributed by atoms with van der Waals surface area (Å²) in [5.41, 5.74) is 0. The zero-order valence-corrected chi connectivity index (χ0v) is 38.5. The summed E-state index contributed by atoms with van der Waals surface area (Å²) >= 11 is 0. The summed E-state index contributed by atoms with van der Waals surface area (Å²) in [6.45, 7) is 4.75. The average Bonchev–Trinajstić information content (AvgIpc) is 3.15. The Morgan fingerprint density at radius 3 is 1.43 bits per heavy atom. The van der Waals surface area contributed by atoms with Gasteiger partial charge in [-0.2, -0.15) is 0 Å². The quantitative estimate of drug-likeness (QED) is 0.0245. The van der Waals surface area contributed by atoms with Crippen molar-refractivity contribution < 1.29 is 32.9 Å². The van der Waals surface area contributed by atoms with Crippen molar-refractivity contribution in [2.45, 2.75) is 231 Å². The second-order valence-corrected chi connectivity index (χ2v) is 18.9. The van der Waals surface area contributed by atoms with Crippen LogP contribution >= 0.6 is 7.82 Å². The van der Waals surface area contributed by atoms with E-state index in [0.717, 1.165) is 38.5 Å². The maximum Gasteiger partial charge on any atom is 0.472 e. The average molecular weight is 814 g/mol. The van der Waals surface area contributed by atoms with E-state index in [1.165, 1.54) is 161 Å². The van der Waals surface area contributed by atoms with Crippen LogP contribution in [0, 0.1) is 0 Å². The maximum absolute atomic E-state index is 12.7. The third-order valence-electron chi connectivity index (χ3n) is 10.7. The number of aliphatic hydroxyl groups is 1. The minimum absolute atomic E-state index is 0.0577. The molecule has 0 aliphatic carbocycles. The smallest absolute Gasteiger partial charge is 0.387 e. The van der Waals surface area contributed by atoms with Crippen LogP contribution in [0.15, 0.2) is 24.3 Å². The summed E-state index contributed by atoms with van der Waals surface area (Å²) in [6.07, 6.45) is 47.3. The largest absolute Gasteiger partial charge is 0.472 e. The fourth-order valence-electron chi connectivity index (χ4n) is 6.88. The number of nitrogens with one attached hydrogen (secondary N) is 1. The van der Waals surface area contributed by atoms with Gasteiger partial charge in [0, 0.05) is 6.42 Å². The van der Waals surface area contributed by atoms with Gasteiger partial charge >= 0.3 is 7.82 Å². The number of amides is 1. The second-order valence-electron chi connectivity index (χ2n) is 17.5. The van der Waals surface area contributed by atoms with Crippen molar-refractivity contribution >= 4 is 13.7 Å². The van der Waals surface area contributed by atoms with Gasteiger partial charge in [0.2, 0.25) is 5.91 Å². The summed E-state index contributed by atoms with van der Waals surface area (Å²) < 4.78 is 23.4. The Morgan fingerprint density at radius 1 is 0.589 bits per heavy atom. The second kappa shape index (κ2) is 39.4. The van der Waals surface area contributed by atoms with E-state index in [0.29, 0.717) is 17.4 Å². The number of unbranched alkanes of at least 4 members (excludes halogenated alkanes) is 28. The van der Waals surface area contributed by atoms with E-state index in [2.05, 4.69) is 31.3 Å². The van der Waals surface area contributed by atoms with Crippen molar-refractivity contribution in [3.05, 3.63) is 24.3 Å². The monoisotopic (exact) mass is 814 g/mol. The van der Waals surface area contributed by atoms with Gasteiger partial charge in [-0.25, -0.2) is 4.57 Å². The predicted molar refractivity (Wildman–Crippen MR) is 240 cm³/mol. The first-order valence-corrected chi connectivity index (χ1v) is 25.2. The fourth-order valence-corrected chi connectivity index (χ4v) is 7.62. The molecule has 0 bridgehead atoms. The van der Waals surface area contributed by atoms with E-state index in [-0.39, 0.29) is 19.1 Å². The molecule has 3 atom stereocenters. The van der Waals surface area contributed by atoms with Gasteiger partial charge in [-0.1, -0.05) is 205 Å². The highest BCUT2D eigenvalue weighted by molar-refractivity contribution is 7.47. The van der Waals surface area contributed by atoms with Crippen LogP contribution in [0.25, 0.3) is 0 Å². The van der Waals surface area contributed by atoms with Crippen LogP contribution in [0.1, 0.15) is 219 Å². The van der Waals surface area contributed by atoms with Gasteiger partial charge in [0.05, 0.1) is 39.9 Å². The minimum atomic E-state index is -4.33. The first-order chi connectivity index (χ1) is 27.0. The molecule has 0 radical (unpaired) electrons. The van der Waals surface area contributed by atoms with Gasteiger partial charge in [0.1, 0.15) is 13.2 Å². The molecule has 3 unspecified atom stereocenters. The number of carbonyl (C=O) groups is 1. The Balaban J connectivity index is 4.13. The van der Waals surface area contributed by atoms with Crippen LogP contribution < -0.4 is 5.32 Å². The highest BCUT2D eigenvalue weighted by Gasteiger charge is 2.27. The molecule has 0 heterocycles. The normalized spacial score (nSPS) is 14.5. The molecule has 8 nitrogen and oxygen atoms in total. The number of allylic oxidation sites excluding steroid dienone is 3. The van der Waals surface area contributed by atoms with Crippen LogP contribution in [0.5, 0.6) is 0 Å². The summed E-state index contributed by atoms with van der Waals surface area (Å²) in [7, 11) is 1.56. The van der Waals surface area contributed by atoms with Crippen LogP contribution in [-0.4, -0.2) is 73.4 Å². The lowest BCUT2D eigenvalue weighted by molar-refractivity contribution is -0.870. The third kappa shape index (κ3) is 41.2. The summed E-state index contributed by atoms with van der Waals surface area (Å²) in [6, 6.07) is -0.856. The molecule has 0 rings (SSSR count). The van der Waals surface area contributed by atoms with Crippen LogP contribution in [-0.2, 0) is 18.4 Å². The molecular weight excluding hydrogens is 719 g/mol. The number of nitrogens with zero attached hydrogens (tertiary/aromatic N) is 1. The standard InChI is InChI=1S/C47H93N2O6P/c1-6-8-10-12-14-15-16-17-18-19-20-21-22-23-24-25-26-27-28-29-30-31-32-33-35-36-38-40-46(50)45(44-55-56(52,53)54-43-42-49(3,4)5)48-47(51)41-39-37-34-13-11-9-7-2/h32-33,38,40,45-46,50H,6-31,34-37,39,41-44H2,1-5H3,(H-,48,51,52,53)/p+1/b33-32+,40-38+. The molecule has 0 saturated heterocycles. The molecule has 3 N–H and O–H groups in total. The molecule has 1 amide bonds. The molecule has 9 heteroatoms. The Bertz CT molecular complexity index is 969. The molecule has 0 aromatic rings. The van der Waals surface area contributed by atoms with Crippen LogP contribution in [0.4, 0.5) is 0 Å². The molecule has 56 heavy (non-hydrogen) atoms. The first-order valence-electron chi connectivity index (χ1n) is 23.7. The molecule has 0 saturated carbocycles. The lowest BCUT2D eigenvalue weighted by Gasteiger charge is -2.25. The number of rotatable bonds is 43. The highest BCUT2D eigenvalue weighted by Crippen LogP contribution is 2.43. The van der Waals surface area contributed by atoms with Gasteiger partial charge in [0.25, 0.3) is 0 Å². The van der Waals surface area contributed by atoms with Crippen molar-refractivity contribution in [2.75, 3.05) is 40.9 Å². The van der Waals surface area contributed by atoms with E-state index in [9.17, 15) is 19.4 Å². The summed E-state index contributed by atoms with van der Waals surface area (Å²) in [5, 5.41) is 13.7. The predicted octanol–water partition coefficient (Wildman–Crippen LogP) is 13.3. The molecule has 0 aliphatic rings. The molecule has 0 aromatic heterocycles. The van der Waals surface area contributed by atoms with Crippen molar-refractivity contribution in [3.8, 4) is 0 Å². The van der Waals surface area contributed by atoms with Crippen molar-refractivity contribution in [1.29, 1.82) is 0 Å². The van der Waals surface area contributed by atoms with Gasteiger partial charge in [-0.05, 0) is 32.1 Å². The topological polar surface area (TPSA) is 105 Å². The number of quaternary nitrogens is 1. The Morgan fingerprint density at radius 2 is 0.982 bits per heavy atom. The van der Waals surface area contributed by atoms with Crippen molar-refractivity contribution in [3.63, 3.8) is 0 Å². The zero-order chi connectivity index (χ0) is 41.4. The molecular formula is C47H94N2O6P+. The fraction of sp³-hybridized carbons (Fsp3) is 0.894. The number of aliphatic hydroxyl groups excluding tert-OH is 1. The number of hydrogen-bond acceptors (Lipinski definition) is 5. The van der Waals surface area contributed by atoms with Gasteiger partial charge in [0.15, 0.2) is 0 Å². The Labute approximate surface area is 347 Å². The Kier molecular flexibility index (Phi) is 38.7. The number of carbonyl (C=O) groups excluding carboxylic acids is 1. The molecule has 332 valence electrons. The number of phosphoric acid groups is 1. The number of likely N-dealkylation sites (N-methyl/N-ethyl adjacent to an activating group) is 1. The zero-order valence-electron chi connectivity index (χ0n) is 37.6. The lowest BCUT2D eigenvalue weighted by Crippen LogP contribution is -2.45. The highest BCUT2D eigenvalue weighted by atomic mass is 31.2. The van der Waals surface area contributed by atoms with E-state index in [1.54, 1.807) is 6.08 Å². The van der Waals surface area contributed by atoms with E-state index >= 15 is 0 Å². The van der Waals surface area contributed by atoms with Crippen molar-refractivity contribution in [2.24, 2.45) is 0 Å². The number of phosphoric ester groups is 1. The minimum Gasteiger partial charge on any atom is -0.387 e. The van der Waals surface area contributed by atoms with Crippen molar-refractivity contribution in [1.82, 2.24) is 5.32 Å².